The zero-order chi connectivity index (χ0) is 13.8. The van der Waals surface area contributed by atoms with Gasteiger partial charge in [0.1, 0.15) is 12.1 Å². The first-order chi connectivity index (χ1) is 9.83. The summed E-state index contributed by atoms with van der Waals surface area (Å²) in [4.78, 5) is 20.3. The van der Waals surface area contributed by atoms with E-state index in [2.05, 4.69) is 20.6 Å². The van der Waals surface area contributed by atoms with Gasteiger partial charge in [-0.3, -0.25) is 9.36 Å². The van der Waals surface area contributed by atoms with E-state index in [0.29, 0.717) is 24.0 Å². The Kier molecular flexibility index (Phi) is 3.73. The van der Waals surface area contributed by atoms with Crippen LogP contribution < -0.4 is 10.6 Å². The fraction of sp³-hybridized carbons (Fsp3) is 0.357. The molecule has 0 saturated carbocycles. The van der Waals surface area contributed by atoms with Crippen LogP contribution in [0.25, 0.3) is 5.82 Å². The number of rotatable bonds is 4. The van der Waals surface area contributed by atoms with E-state index < -0.39 is 0 Å². The van der Waals surface area contributed by atoms with Crippen LogP contribution in [0.1, 0.15) is 23.2 Å². The Morgan fingerprint density at radius 2 is 2.45 bits per heavy atom. The van der Waals surface area contributed by atoms with Crippen molar-refractivity contribution in [3.05, 3.63) is 42.6 Å². The second kappa shape index (κ2) is 5.83. The Labute approximate surface area is 117 Å². The van der Waals surface area contributed by atoms with Crippen molar-refractivity contribution in [3.63, 3.8) is 0 Å². The van der Waals surface area contributed by atoms with Gasteiger partial charge in [-0.05, 0) is 31.5 Å². The van der Waals surface area contributed by atoms with Crippen molar-refractivity contribution < 1.29 is 4.79 Å². The fourth-order valence-corrected chi connectivity index (χ4v) is 2.34. The summed E-state index contributed by atoms with van der Waals surface area (Å²) in [7, 11) is 0. The van der Waals surface area contributed by atoms with Crippen molar-refractivity contribution in [2.75, 3.05) is 13.1 Å². The average Bonchev–Trinajstić information content (AvgIpc) is 3.18. The van der Waals surface area contributed by atoms with E-state index in [1.54, 1.807) is 41.6 Å². The molecule has 1 aliphatic rings. The molecule has 0 aromatic carbocycles. The van der Waals surface area contributed by atoms with Gasteiger partial charge >= 0.3 is 0 Å². The van der Waals surface area contributed by atoms with Gasteiger partial charge in [-0.15, -0.1) is 0 Å². The number of aromatic nitrogens is 3. The quantitative estimate of drug-likeness (QED) is 0.860. The Hall–Kier alpha value is -2.21. The van der Waals surface area contributed by atoms with E-state index >= 15 is 0 Å². The number of amides is 1. The summed E-state index contributed by atoms with van der Waals surface area (Å²) in [5.74, 6) is 0.622. The van der Waals surface area contributed by atoms with E-state index in [0.717, 1.165) is 13.0 Å². The summed E-state index contributed by atoms with van der Waals surface area (Å²) >= 11 is 0. The molecule has 2 N–H and O–H groups in total. The molecule has 6 nitrogen and oxygen atoms in total. The molecule has 20 heavy (non-hydrogen) atoms. The van der Waals surface area contributed by atoms with Crippen LogP contribution in [-0.2, 0) is 0 Å². The number of hydrogen-bond donors (Lipinski definition) is 2. The maximum absolute atomic E-state index is 12.1. The highest BCUT2D eigenvalue weighted by Gasteiger charge is 2.15. The van der Waals surface area contributed by atoms with Gasteiger partial charge in [0.25, 0.3) is 5.91 Å². The number of pyridine rings is 1. The highest BCUT2D eigenvalue weighted by Crippen LogP contribution is 2.08. The number of nitrogens with zero attached hydrogens (tertiary/aromatic N) is 3. The molecule has 0 bridgehead atoms. The van der Waals surface area contributed by atoms with Gasteiger partial charge in [0, 0.05) is 36.7 Å². The van der Waals surface area contributed by atoms with E-state index in [4.69, 9.17) is 0 Å². The van der Waals surface area contributed by atoms with Gasteiger partial charge in [0.15, 0.2) is 0 Å². The maximum Gasteiger partial charge on any atom is 0.251 e. The number of hydrogen-bond acceptors (Lipinski definition) is 4. The Bertz CT molecular complexity index is 575. The van der Waals surface area contributed by atoms with Crippen LogP contribution in [0.5, 0.6) is 0 Å². The lowest BCUT2D eigenvalue weighted by molar-refractivity contribution is 0.0950. The van der Waals surface area contributed by atoms with Crippen molar-refractivity contribution >= 4 is 5.91 Å². The summed E-state index contributed by atoms with van der Waals surface area (Å²) < 4.78 is 1.77. The lowest BCUT2D eigenvalue weighted by atomic mass is 10.2. The smallest absolute Gasteiger partial charge is 0.251 e. The molecular formula is C14H17N5O. The number of carbonyl (C=O) groups excluding carboxylic acids is 1. The Morgan fingerprint density at radius 3 is 3.20 bits per heavy atom. The minimum atomic E-state index is -0.0672. The topological polar surface area (TPSA) is 71.8 Å². The Morgan fingerprint density at radius 1 is 1.50 bits per heavy atom. The van der Waals surface area contributed by atoms with Crippen LogP contribution in [0.4, 0.5) is 0 Å². The highest BCUT2D eigenvalue weighted by molar-refractivity contribution is 5.94. The van der Waals surface area contributed by atoms with Crippen LogP contribution in [0.15, 0.2) is 37.1 Å². The Balaban J connectivity index is 1.66. The van der Waals surface area contributed by atoms with Crippen molar-refractivity contribution in [3.8, 4) is 5.82 Å². The molecule has 3 rings (SSSR count). The summed E-state index contributed by atoms with van der Waals surface area (Å²) in [6.07, 6.45) is 9.08. The molecule has 2 aromatic rings. The van der Waals surface area contributed by atoms with Crippen LogP contribution in [-0.4, -0.2) is 39.6 Å². The average molecular weight is 271 g/mol. The summed E-state index contributed by atoms with van der Waals surface area (Å²) in [6.45, 7) is 1.71. The normalized spacial score (nSPS) is 18.1. The van der Waals surface area contributed by atoms with Crippen molar-refractivity contribution in [1.29, 1.82) is 0 Å². The highest BCUT2D eigenvalue weighted by atomic mass is 16.1. The molecule has 1 aliphatic heterocycles. The predicted molar refractivity (Wildman–Crippen MR) is 74.7 cm³/mol. The number of nitrogens with one attached hydrogen (secondary N) is 2. The van der Waals surface area contributed by atoms with Crippen molar-refractivity contribution in [1.82, 2.24) is 25.2 Å². The lowest BCUT2D eigenvalue weighted by Gasteiger charge is -2.11. The minimum absolute atomic E-state index is 0.0672. The first kappa shape index (κ1) is 12.8. The molecule has 2 aromatic heterocycles. The third kappa shape index (κ3) is 2.85. The van der Waals surface area contributed by atoms with Gasteiger partial charge in [-0.25, -0.2) is 9.97 Å². The van der Waals surface area contributed by atoms with Crippen LogP contribution in [0, 0.1) is 0 Å². The zero-order valence-corrected chi connectivity index (χ0v) is 11.1. The van der Waals surface area contributed by atoms with Gasteiger partial charge in [0.05, 0.1) is 0 Å². The van der Waals surface area contributed by atoms with Gasteiger partial charge in [-0.1, -0.05) is 0 Å². The first-order valence-electron chi connectivity index (χ1n) is 6.79. The van der Waals surface area contributed by atoms with Crippen molar-refractivity contribution in [2.45, 2.75) is 18.9 Å². The van der Waals surface area contributed by atoms with Crippen LogP contribution >= 0.6 is 0 Å². The van der Waals surface area contributed by atoms with E-state index in [1.807, 2.05) is 0 Å². The molecule has 0 radical (unpaired) electrons. The molecule has 0 aliphatic carbocycles. The number of imidazole rings is 1. The second-order valence-corrected chi connectivity index (χ2v) is 4.88. The molecule has 1 amide bonds. The maximum atomic E-state index is 12.1. The monoisotopic (exact) mass is 271 g/mol. The molecule has 1 saturated heterocycles. The van der Waals surface area contributed by atoms with Crippen LogP contribution in [0.2, 0.25) is 0 Å². The molecule has 0 spiro atoms. The minimum Gasteiger partial charge on any atom is -0.350 e. The largest absolute Gasteiger partial charge is 0.350 e. The molecule has 1 atom stereocenters. The summed E-state index contributed by atoms with van der Waals surface area (Å²) in [5, 5.41) is 6.32. The summed E-state index contributed by atoms with van der Waals surface area (Å²) in [5.41, 5.74) is 0.613. The molecular weight excluding hydrogens is 254 g/mol. The van der Waals surface area contributed by atoms with Gasteiger partial charge in [-0.2, -0.15) is 0 Å². The SMILES string of the molecule is O=C(NCC1CCCN1)c1ccnc(-n2ccnc2)c1. The second-order valence-electron chi connectivity index (χ2n) is 4.88. The zero-order valence-electron chi connectivity index (χ0n) is 11.1. The summed E-state index contributed by atoms with van der Waals surface area (Å²) in [6, 6.07) is 3.88. The standard InChI is InChI=1S/C14H17N5O/c20-14(18-9-12-2-1-4-16-12)11-3-5-17-13(8-11)19-7-6-15-10-19/h3,5-8,10,12,16H,1-2,4,9H2,(H,18,20). The van der Waals surface area contributed by atoms with E-state index in [9.17, 15) is 4.79 Å². The third-order valence-corrected chi connectivity index (χ3v) is 3.45. The molecule has 1 unspecified atom stereocenters. The fourth-order valence-electron chi connectivity index (χ4n) is 2.34. The van der Waals surface area contributed by atoms with E-state index in [-0.39, 0.29) is 5.91 Å². The molecule has 104 valence electrons. The predicted octanol–water partition coefficient (Wildman–Crippen LogP) is 0.749. The number of carbonyl (C=O) groups is 1. The molecule has 1 fully saturated rings. The molecule has 3 heterocycles. The third-order valence-electron chi connectivity index (χ3n) is 3.45. The van der Waals surface area contributed by atoms with Crippen molar-refractivity contribution in [2.24, 2.45) is 0 Å². The van der Waals surface area contributed by atoms with Crippen LogP contribution in [0.3, 0.4) is 0 Å². The first-order valence-corrected chi connectivity index (χ1v) is 6.79. The lowest BCUT2D eigenvalue weighted by Crippen LogP contribution is -2.37. The molecule has 6 heteroatoms. The van der Waals surface area contributed by atoms with Gasteiger partial charge in [0.2, 0.25) is 0 Å². The van der Waals surface area contributed by atoms with Gasteiger partial charge < -0.3 is 10.6 Å². The van der Waals surface area contributed by atoms with E-state index in [1.165, 1.54) is 6.42 Å².